The van der Waals surface area contributed by atoms with Crippen LogP contribution in [0.2, 0.25) is 0 Å². The molecule has 2 rings (SSSR count). The molecule has 1 aliphatic heterocycles. The van der Waals surface area contributed by atoms with Crippen LogP contribution in [0.5, 0.6) is 0 Å². The number of carbonyl (C=O) groups is 2. The first kappa shape index (κ1) is 21.5. The maximum atomic E-state index is 13.1. The number of nitrogens with one attached hydrogen (secondary N) is 1. The number of amides is 1. The molecule has 0 aromatic heterocycles. The van der Waals surface area contributed by atoms with Crippen LogP contribution in [-0.2, 0) is 4.79 Å². The molecule has 0 spiro atoms. The topological polar surface area (TPSA) is 49.4 Å². The van der Waals surface area contributed by atoms with Gasteiger partial charge in [0.05, 0.1) is 0 Å². The van der Waals surface area contributed by atoms with E-state index in [4.69, 9.17) is 0 Å². The molecule has 7 heteroatoms. The fourth-order valence-corrected chi connectivity index (χ4v) is 2.93. The van der Waals surface area contributed by atoms with Crippen molar-refractivity contribution in [3.8, 4) is 0 Å². The predicted molar refractivity (Wildman–Crippen MR) is 95.0 cm³/mol. The van der Waals surface area contributed by atoms with Crippen LogP contribution in [0, 0.1) is 17.6 Å². The number of carbonyl (C=O) groups excluding carboxylic acids is 2. The molecule has 1 aromatic rings. The van der Waals surface area contributed by atoms with Gasteiger partial charge in [-0.25, -0.2) is 8.78 Å². The molecule has 1 aromatic carbocycles. The van der Waals surface area contributed by atoms with Gasteiger partial charge in [0.1, 0.15) is 0 Å². The molecule has 1 saturated heterocycles. The standard InChI is InChI=1S/C18H24F2N2O2.ClH/c1-2-21-12-13-7-9-22(10-8-13)18(24)6-5-17(23)14-3-4-15(19)16(20)11-14;/h3-4,11,13,21H,2,5-10,12H2,1H3;1H. The highest BCUT2D eigenvalue weighted by Gasteiger charge is 2.23. The van der Waals surface area contributed by atoms with E-state index in [0.717, 1.165) is 38.1 Å². The van der Waals surface area contributed by atoms with Gasteiger partial charge in [0, 0.05) is 31.5 Å². The van der Waals surface area contributed by atoms with Crippen molar-refractivity contribution in [1.82, 2.24) is 10.2 Å². The zero-order chi connectivity index (χ0) is 17.5. The molecule has 1 N–H and O–H groups in total. The summed E-state index contributed by atoms with van der Waals surface area (Å²) >= 11 is 0. The van der Waals surface area contributed by atoms with Gasteiger partial charge < -0.3 is 10.2 Å². The van der Waals surface area contributed by atoms with Crippen molar-refractivity contribution >= 4 is 24.1 Å². The Morgan fingerprint density at radius 2 is 1.84 bits per heavy atom. The van der Waals surface area contributed by atoms with Gasteiger partial charge in [-0.1, -0.05) is 6.92 Å². The van der Waals surface area contributed by atoms with Gasteiger partial charge in [-0.05, 0) is 50.0 Å². The summed E-state index contributed by atoms with van der Waals surface area (Å²) < 4.78 is 26.0. The Morgan fingerprint density at radius 1 is 1.16 bits per heavy atom. The average Bonchev–Trinajstić information content (AvgIpc) is 2.60. The minimum absolute atomic E-state index is 0. The fourth-order valence-electron chi connectivity index (χ4n) is 2.93. The summed E-state index contributed by atoms with van der Waals surface area (Å²) in [6, 6.07) is 3.06. The third-order valence-electron chi connectivity index (χ3n) is 4.46. The van der Waals surface area contributed by atoms with Crippen LogP contribution in [0.25, 0.3) is 0 Å². The summed E-state index contributed by atoms with van der Waals surface area (Å²) in [7, 11) is 0. The molecule has 0 radical (unpaired) electrons. The lowest BCUT2D eigenvalue weighted by Gasteiger charge is -2.32. The number of likely N-dealkylation sites (tertiary alicyclic amines) is 1. The molecule has 25 heavy (non-hydrogen) atoms. The molecule has 1 fully saturated rings. The van der Waals surface area contributed by atoms with E-state index in [2.05, 4.69) is 12.2 Å². The molecule has 0 saturated carbocycles. The molecule has 4 nitrogen and oxygen atoms in total. The zero-order valence-electron chi connectivity index (χ0n) is 14.4. The van der Waals surface area contributed by atoms with E-state index in [9.17, 15) is 18.4 Å². The van der Waals surface area contributed by atoms with Gasteiger partial charge in [-0.2, -0.15) is 0 Å². The normalized spacial score (nSPS) is 14.9. The molecule has 1 aliphatic rings. The summed E-state index contributed by atoms with van der Waals surface area (Å²) in [5.41, 5.74) is 0.103. The molecule has 1 amide bonds. The Hall–Kier alpha value is -1.53. The van der Waals surface area contributed by atoms with Crippen molar-refractivity contribution in [3.63, 3.8) is 0 Å². The molecule has 0 atom stereocenters. The number of ketones is 1. The number of halogens is 3. The number of piperidine rings is 1. The second-order valence-corrected chi connectivity index (χ2v) is 6.18. The van der Waals surface area contributed by atoms with Crippen LogP contribution in [0.3, 0.4) is 0 Å². The van der Waals surface area contributed by atoms with Crippen molar-refractivity contribution in [3.05, 3.63) is 35.4 Å². The number of hydrogen-bond donors (Lipinski definition) is 1. The fraction of sp³-hybridized carbons (Fsp3) is 0.556. The van der Waals surface area contributed by atoms with Crippen LogP contribution in [0.15, 0.2) is 18.2 Å². The monoisotopic (exact) mass is 374 g/mol. The minimum atomic E-state index is -1.05. The molecule has 0 unspecified atom stereocenters. The van der Waals surface area contributed by atoms with Gasteiger partial charge in [0.2, 0.25) is 5.91 Å². The Labute approximate surface area is 153 Å². The Morgan fingerprint density at radius 3 is 2.44 bits per heavy atom. The smallest absolute Gasteiger partial charge is 0.223 e. The lowest BCUT2D eigenvalue weighted by Crippen LogP contribution is -2.40. The quantitative estimate of drug-likeness (QED) is 0.746. The maximum Gasteiger partial charge on any atom is 0.223 e. The van der Waals surface area contributed by atoms with Crippen molar-refractivity contribution in [1.29, 1.82) is 0 Å². The first-order valence-electron chi connectivity index (χ1n) is 8.48. The molecule has 140 valence electrons. The van der Waals surface area contributed by atoms with E-state index in [1.165, 1.54) is 6.07 Å². The van der Waals surface area contributed by atoms with Gasteiger partial charge in [-0.3, -0.25) is 9.59 Å². The lowest BCUT2D eigenvalue weighted by atomic mass is 9.96. The number of Topliss-reactive ketones (excluding diaryl/α,β-unsaturated/α-hetero) is 1. The molecular formula is C18H25ClF2N2O2. The maximum absolute atomic E-state index is 13.1. The van der Waals surface area contributed by atoms with Gasteiger partial charge in [-0.15, -0.1) is 12.4 Å². The highest BCUT2D eigenvalue weighted by Crippen LogP contribution is 2.18. The second kappa shape index (κ2) is 10.5. The van der Waals surface area contributed by atoms with Crippen LogP contribution in [0.4, 0.5) is 8.78 Å². The Bertz CT molecular complexity index is 590. The number of rotatable bonds is 7. The number of nitrogens with zero attached hydrogens (tertiary/aromatic N) is 1. The van der Waals surface area contributed by atoms with Crippen LogP contribution >= 0.6 is 12.4 Å². The van der Waals surface area contributed by atoms with E-state index >= 15 is 0 Å². The molecular weight excluding hydrogens is 350 g/mol. The average molecular weight is 375 g/mol. The van der Waals surface area contributed by atoms with Crippen molar-refractivity contribution in [2.75, 3.05) is 26.2 Å². The SMILES string of the molecule is CCNCC1CCN(C(=O)CCC(=O)c2ccc(F)c(F)c2)CC1.Cl. The van der Waals surface area contributed by atoms with Gasteiger partial charge in [0.25, 0.3) is 0 Å². The zero-order valence-corrected chi connectivity index (χ0v) is 15.2. The van der Waals surface area contributed by atoms with E-state index in [1.807, 2.05) is 0 Å². The Kier molecular flexibility index (Phi) is 9.00. The third kappa shape index (κ3) is 6.36. The summed E-state index contributed by atoms with van der Waals surface area (Å²) in [6.45, 7) is 5.43. The summed E-state index contributed by atoms with van der Waals surface area (Å²) in [6.07, 6.45) is 2.06. The van der Waals surface area contributed by atoms with Gasteiger partial charge in [0.15, 0.2) is 17.4 Å². The summed E-state index contributed by atoms with van der Waals surface area (Å²) in [5, 5.41) is 3.32. The molecule has 0 bridgehead atoms. The predicted octanol–water partition coefficient (Wildman–Crippen LogP) is 3.20. The van der Waals surface area contributed by atoms with E-state index in [0.29, 0.717) is 19.0 Å². The minimum Gasteiger partial charge on any atom is -0.343 e. The van der Waals surface area contributed by atoms with Crippen molar-refractivity contribution < 1.29 is 18.4 Å². The van der Waals surface area contributed by atoms with Crippen molar-refractivity contribution in [2.45, 2.75) is 32.6 Å². The first-order valence-corrected chi connectivity index (χ1v) is 8.48. The third-order valence-corrected chi connectivity index (χ3v) is 4.46. The van der Waals surface area contributed by atoms with E-state index in [-0.39, 0.29) is 42.5 Å². The first-order chi connectivity index (χ1) is 11.5. The van der Waals surface area contributed by atoms with Gasteiger partial charge >= 0.3 is 0 Å². The van der Waals surface area contributed by atoms with Crippen LogP contribution in [0.1, 0.15) is 43.0 Å². The number of hydrogen-bond acceptors (Lipinski definition) is 3. The highest BCUT2D eigenvalue weighted by molar-refractivity contribution is 5.97. The summed E-state index contributed by atoms with van der Waals surface area (Å²) in [4.78, 5) is 26.0. The van der Waals surface area contributed by atoms with E-state index < -0.39 is 11.6 Å². The molecule has 0 aliphatic carbocycles. The second-order valence-electron chi connectivity index (χ2n) is 6.18. The van der Waals surface area contributed by atoms with Crippen LogP contribution in [-0.4, -0.2) is 42.8 Å². The van der Waals surface area contributed by atoms with Crippen molar-refractivity contribution in [2.24, 2.45) is 5.92 Å². The largest absolute Gasteiger partial charge is 0.343 e. The molecule has 1 heterocycles. The van der Waals surface area contributed by atoms with Crippen LogP contribution < -0.4 is 5.32 Å². The summed E-state index contributed by atoms with van der Waals surface area (Å²) in [5.74, 6) is -1.83. The highest BCUT2D eigenvalue weighted by atomic mass is 35.5. The lowest BCUT2D eigenvalue weighted by molar-refractivity contribution is -0.132. The number of benzene rings is 1. The van der Waals surface area contributed by atoms with E-state index in [1.54, 1.807) is 4.90 Å². The Balaban J connectivity index is 0.00000312.